The van der Waals surface area contributed by atoms with E-state index in [1.54, 1.807) is 20.8 Å². The first-order valence-corrected chi connectivity index (χ1v) is 6.43. The number of imide groups is 1. The third kappa shape index (κ3) is 3.48. The summed E-state index contributed by atoms with van der Waals surface area (Å²) in [6.07, 6.45) is -0.854. The molecule has 1 aromatic carbocycles. The lowest BCUT2D eigenvalue weighted by atomic mass is 10.1. The normalized spacial score (nSPS) is 18.6. The summed E-state index contributed by atoms with van der Waals surface area (Å²) in [4.78, 5) is 24.7. The molecular weight excluding hydrogens is 282 g/mol. The highest BCUT2D eigenvalue weighted by molar-refractivity contribution is 5.93. The molecule has 114 valence electrons. The first-order valence-electron chi connectivity index (χ1n) is 6.43. The minimum absolute atomic E-state index is 0.0704. The highest BCUT2D eigenvalue weighted by atomic mass is 19.1. The van der Waals surface area contributed by atoms with Crippen LogP contribution in [0.15, 0.2) is 18.2 Å². The summed E-state index contributed by atoms with van der Waals surface area (Å²) < 4.78 is 31.7. The molecule has 1 heterocycles. The molecule has 1 unspecified atom stereocenters. The standard InChI is InChI=1S/C14H16F2N2O3/c1-14(2,3)21-13(20)18-11(7-17-12(18)19)8-4-9(15)6-10(16)5-8/h4-6,11H,7H2,1-3H3,(H,17,19). The van der Waals surface area contributed by atoms with Gasteiger partial charge in [-0.3, -0.25) is 0 Å². The number of hydrogen-bond acceptors (Lipinski definition) is 3. The van der Waals surface area contributed by atoms with E-state index in [0.717, 1.165) is 23.1 Å². The van der Waals surface area contributed by atoms with E-state index in [-0.39, 0.29) is 12.1 Å². The monoisotopic (exact) mass is 298 g/mol. The number of carbonyl (C=O) groups is 2. The zero-order chi connectivity index (χ0) is 15.8. The van der Waals surface area contributed by atoms with E-state index in [1.807, 2.05) is 0 Å². The quantitative estimate of drug-likeness (QED) is 0.867. The van der Waals surface area contributed by atoms with Crippen LogP contribution in [-0.4, -0.2) is 29.2 Å². The van der Waals surface area contributed by atoms with Gasteiger partial charge in [-0.25, -0.2) is 23.3 Å². The van der Waals surface area contributed by atoms with Gasteiger partial charge in [0.15, 0.2) is 0 Å². The molecule has 0 aliphatic carbocycles. The largest absolute Gasteiger partial charge is 0.443 e. The van der Waals surface area contributed by atoms with Crippen LogP contribution in [0, 0.1) is 11.6 Å². The van der Waals surface area contributed by atoms with E-state index < -0.39 is 35.4 Å². The average Bonchev–Trinajstić information content (AvgIpc) is 2.67. The van der Waals surface area contributed by atoms with Gasteiger partial charge in [0.2, 0.25) is 0 Å². The van der Waals surface area contributed by atoms with E-state index in [2.05, 4.69) is 5.32 Å². The van der Waals surface area contributed by atoms with Crippen molar-refractivity contribution in [3.8, 4) is 0 Å². The Morgan fingerprint density at radius 3 is 2.38 bits per heavy atom. The molecule has 0 aromatic heterocycles. The number of benzene rings is 1. The second kappa shape index (κ2) is 5.31. The van der Waals surface area contributed by atoms with Crippen LogP contribution < -0.4 is 5.32 Å². The van der Waals surface area contributed by atoms with E-state index in [0.29, 0.717) is 0 Å². The van der Waals surface area contributed by atoms with Crippen molar-refractivity contribution in [3.05, 3.63) is 35.4 Å². The molecule has 0 spiro atoms. The predicted molar refractivity (Wildman–Crippen MR) is 70.6 cm³/mol. The smallest absolute Gasteiger partial charge is 0.419 e. The molecule has 5 nitrogen and oxygen atoms in total. The molecule has 0 bridgehead atoms. The summed E-state index contributed by atoms with van der Waals surface area (Å²) in [5.74, 6) is -1.54. The summed E-state index contributed by atoms with van der Waals surface area (Å²) in [5.41, 5.74) is -0.589. The van der Waals surface area contributed by atoms with Crippen LogP contribution in [0.2, 0.25) is 0 Å². The van der Waals surface area contributed by atoms with Gasteiger partial charge in [0.25, 0.3) is 0 Å². The zero-order valence-electron chi connectivity index (χ0n) is 11.9. The second-order valence-corrected chi connectivity index (χ2v) is 5.75. The van der Waals surface area contributed by atoms with Crippen molar-refractivity contribution in [2.75, 3.05) is 6.54 Å². The summed E-state index contributed by atoms with van der Waals surface area (Å²) in [7, 11) is 0. The molecule has 21 heavy (non-hydrogen) atoms. The molecule has 1 atom stereocenters. The fourth-order valence-corrected chi connectivity index (χ4v) is 2.06. The van der Waals surface area contributed by atoms with Crippen molar-refractivity contribution in [1.29, 1.82) is 0 Å². The first-order chi connectivity index (χ1) is 9.67. The molecule has 1 aliphatic rings. The molecule has 0 saturated carbocycles. The summed E-state index contributed by atoms with van der Waals surface area (Å²) in [6, 6.07) is 1.44. The van der Waals surface area contributed by atoms with Crippen molar-refractivity contribution >= 4 is 12.1 Å². The Morgan fingerprint density at radius 1 is 1.29 bits per heavy atom. The molecule has 0 radical (unpaired) electrons. The average molecular weight is 298 g/mol. The number of rotatable bonds is 1. The minimum atomic E-state index is -0.854. The van der Waals surface area contributed by atoms with Gasteiger partial charge >= 0.3 is 12.1 Å². The van der Waals surface area contributed by atoms with Crippen molar-refractivity contribution in [2.24, 2.45) is 0 Å². The number of carbonyl (C=O) groups excluding carboxylic acids is 2. The van der Waals surface area contributed by atoms with Crippen molar-refractivity contribution in [1.82, 2.24) is 10.2 Å². The van der Waals surface area contributed by atoms with Crippen molar-refractivity contribution in [2.45, 2.75) is 32.4 Å². The lowest BCUT2D eigenvalue weighted by Gasteiger charge is -2.26. The van der Waals surface area contributed by atoms with Crippen molar-refractivity contribution < 1.29 is 23.1 Å². The molecule has 1 aliphatic heterocycles. The number of ether oxygens (including phenoxy) is 1. The van der Waals surface area contributed by atoms with Crippen LogP contribution in [0.3, 0.4) is 0 Å². The number of nitrogens with zero attached hydrogens (tertiary/aromatic N) is 1. The molecule has 2 rings (SSSR count). The molecule has 1 saturated heterocycles. The van der Waals surface area contributed by atoms with Gasteiger partial charge in [0, 0.05) is 12.6 Å². The highest BCUT2D eigenvalue weighted by Crippen LogP contribution is 2.27. The van der Waals surface area contributed by atoms with Crippen LogP contribution in [0.5, 0.6) is 0 Å². The van der Waals surface area contributed by atoms with Gasteiger partial charge in [0.05, 0.1) is 6.04 Å². The Kier molecular flexibility index (Phi) is 3.85. The fraction of sp³-hybridized carbons (Fsp3) is 0.429. The summed E-state index contributed by atoms with van der Waals surface area (Å²) in [5, 5.41) is 2.47. The maximum absolute atomic E-state index is 13.3. The third-order valence-electron chi connectivity index (χ3n) is 2.84. The molecule has 7 heteroatoms. The van der Waals surface area contributed by atoms with E-state index in [4.69, 9.17) is 4.74 Å². The maximum Gasteiger partial charge on any atom is 0.419 e. The number of urea groups is 1. The Balaban J connectivity index is 2.30. The Labute approximate surface area is 120 Å². The van der Waals surface area contributed by atoms with Crippen LogP contribution in [-0.2, 0) is 4.74 Å². The lowest BCUT2D eigenvalue weighted by molar-refractivity contribution is 0.0298. The fourth-order valence-electron chi connectivity index (χ4n) is 2.06. The van der Waals surface area contributed by atoms with E-state index in [1.165, 1.54) is 0 Å². The zero-order valence-corrected chi connectivity index (χ0v) is 11.9. The van der Waals surface area contributed by atoms with E-state index >= 15 is 0 Å². The lowest BCUT2D eigenvalue weighted by Crippen LogP contribution is -2.40. The summed E-state index contributed by atoms with van der Waals surface area (Å²) >= 11 is 0. The molecular formula is C14H16F2N2O3. The minimum Gasteiger partial charge on any atom is -0.443 e. The van der Waals surface area contributed by atoms with Gasteiger partial charge in [-0.05, 0) is 38.5 Å². The van der Waals surface area contributed by atoms with Crippen LogP contribution in [0.1, 0.15) is 32.4 Å². The van der Waals surface area contributed by atoms with Gasteiger partial charge in [-0.2, -0.15) is 0 Å². The first kappa shape index (κ1) is 15.2. The van der Waals surface area contributed by atoms with Crippen LogP contribution >= 0.6 is 0 Å². The van der Waals surface area contributed by atoms with Gasteiger partial charge in [0.1, 0.15) is 17.2 Å². The Bertz CT molecular complexity index is 564. The maximum atomic E-state index is 13.3. The summed E-state index contributed by atoms with van der Waals surface area (Å²) in [6.45, 7) is 5.06. The highest BCUT2D eigenvalue weighted by Gasteiger charge is 2.39. The number of halogens is 2. The second-order valence-electron chi connectivity index (χ2n) is 5.75. The topological polar surface area (TPSA) is 58.6 Å². The van der Waals surface area contributed by atoms with E-state index in [9.17, 15) is 18.4 Å². The van der Waals surface area contributed by atoms with Gasteiger partial charge < -0.3 is 10.1 Å². The molecule has 1 aromatic rings. The van der Waals surface area contributed by atoms with Crippen LogP contribution in [0.4, 0.5) is 18.4 Å². The number of amides is 3. The van der Waals surface area contributed by atoms with Crippen molar-refractivity contribution in [3.63, 3.8) is 0 Å². The SMILES string of the molecule is CC(C)(C)OC(=O)N1C(=O)NCC1c1cc(F)cc(F)c1. The Hall–Kier alpha value is -2.18. The Morgan fingerprint density at radius 2 is 1.86 bits per heavy atom. The number of nitrogens with one attached hydrogen (secondary N) is 1. The molecule has 1 fully saturated rings. The molecule has 1 N–H and O–H groups in total. The third-order valence-corrected chi connectivity index (χ3v) is 2.84. The number of hydrogen-bond donors (Lipinski definition) is 1. The van der Waals surface area contributed by atoms with Gasteiger partial charge in [-0.15, -0.1) is 0 Å². The van der Waals surface area contributed by atoms with Crippen LogP contribution in [0.25, 0.3) is 0 Å². The van der Waals surface area contributed by atoms with Gasteiger partial charge in [-0.1, -0.05) is 0 Å². The predicted octanol–water partition coefficient (Wildman–Crippen LogP) is 2.97. The molecule has 3 amide bonds.